The second-order valence-electron chi connectivity index (χ2n) is 7.66. The van der Waals surface area contributed by atoms with Gasteiger partial charge in [-0.1, -0.05) is 31.2 Å². The van der Waals surface area contributed by atoms with Crippen LogP contribution in [-0.4, -0.2) is 34.9 Å². The number of carbonyl (C=O) groups excluding carboxylic acids is 2. The molecule has 0 aliphatic carbocycles. The second-order valence-corrected chi connectivity index (χ2v) is 8.07. The van der Waals surface area contributed by atoms with Gasteiger partial charge in [-0.3, -0.25) is 9.59 Å². The predicted molar refractivity (Wildman–Crippen MR) is 120 cm³/mol. The van der Waals surface area contributed by atoms with E-state index in [1.165, 1.54) is 0 Å². The first kappa shape index (κ1) is 21.0. The fraction of sp³-hybridized carbons (Fsp3) is 0.348. The molecule has 0 unspecified atom stereocenters. The molecule has 1 heterocycles. The number of thiocarbonyl (C=S) groups is 1. The zero-order valence-electron chi connectivity index (χ0n) is 16.9. The smallest absolute Gasteiger partial charge is 0.253 e. The fourth-order valence-electron chi connectivity index (χ4n) is 3.40. The topological polar surface area (TPSA) is 61.4 Å². The molecule has 1 fully saturated rings. The molecule has 0 spiro atoms. The molecule has 0 saturated carbocycles. The van der Waals surface area contributed by atoms with Gasteiger partial charge in [0.15, 0.2) is 5.11 Å². The Labute approximate surface area is 177 Å². The molecule has 1 aliphatic heterocycles. The summed E-state index contributed by atoms with van der Waals surface area (Å²) in [6.45, 7) is 5.84. The van der Waals surface area contributed by atoms with Gasteiger partial charge in [-0.15, -0.1) is 0 Å². The van der Waals surface area contributed by atoms with Crippen molar-refractivity contribution in [1.82, 2.24) is 10.2 Å². The number of carbonyl (C=O) groups is 2. The Hall–Kier alpha value is -2.73. The van der Waals surface area contributed by atoms with Crippen molar-refractivity contribution in [3.8, 4) is 0 Å². The first-order valence-corrected chi connectivity index (χ1v) is 10.4. The van der Waals surface area contributed by atoms with Crippen LogP contribution in [0.1, 0.15) is 41.3 Å². The zero-order valence-corrected chi connectivity index (χ0v) is 17.7. The molecule has 6 heteroatoms. The van der Waals surface area contributed by atoms with Crippen LogP contribution in [0.25, 0.3) is 0 Å². The van der Waals surface area contributed by atoms with Crippen molar-refractivity contribution in [2.24, 2.45) is 5.92 Å². The van der Waals surface area contributed by atoms with E-state index in [1.54, 1.807) is 24.3 Å². The quantitative estimate of drug-likeness (QED) is 0.752. The van der Waals surface area contributed by atoms with Crippen LogP contribution in [0.2, 0.25) is 0 Å². The summed E-state index contributed by atoms with van der Waals surface area (Å²) in [5.41, 5.74) is 3.45. The molecular weight excluding hydrogens is 382 g/mol. The number of benzene rings is 2. The Kier molecular flexibility index (Phi) is 6.99. The van der Waals surface area contributed by atoms with Gasteiger partial charge in [0.25, 0.3) is 5.91 Å². The molecule has 0 atom stereocenters. The van der Waals surface area contributed by atoms with Crippen molar-refractivity contribution >= 4 is 34.8 Å². The third kappa shape index (κ3) is 5.87. The molecule has 0 aromatic heterocycles. The zero-order chi connectivity index (χ0) is 20.8. The number of nitrogens with one attached hydrogen (secondary N) is 2. The van der Waals surface area contributed by atoms with E-state index in [0.29, 0.717) is 11.5 Å². The summed E-state index contributed by atoms with van der Waals surface area (Å²) < 4.78 is 0. The van der Waals surface area contributed by atoms with Crippen LogP contribution in [0.4, 0.5) is 5.69 Å². The summed E-state index contributed by atoms with van der Waals surface area (Å²) in [6.07, 6.45) is 2.39. The Morgan fingerprint density at radius 1 is 1.07 bits per heavy atom. The van der Waals surface area contributed by atoms with E-state index in [2.05, 4.69) is 17.6 Å². The minimum atomic E-state index is -0.164. The van der Waals surface area contributed by atoms with Gasteiger partial charge < -0.3 is 15.5 Å². The maximum atomic E-state index is 12.6. The van der Waals surface area contributed by atoms with Crippen LogP contribution < -0.4 is 10.6 Å². The average Bonchev–Trinajstić information content (AvgIpc) is 2.70. The van der Waals surface area contributed by atoms with Gasteiger partial charge in [-0.2, -0.15) is 0 Å². The molecule has 0 radical (unpaired) electrons. The largest absolute Gasteiger partial charge is 0.339 e. The van der Waals surface area contributed by atoms with E-state index in [-0.39, 0.29) is 23.3 Å². The van der Waals surface area contributed by atoms with Crippen molar-refractivity contribution in [2.75, 3.05) is 18.4 Å². The van der Waals surface area contributed by atoms with Crippen LogP contribution in [-0.2, 0) is 11.2 Å². The average molecular weight is 410 g/mol. The lowest BCUT2D eigenvalue weighted by Crippen LogP contribution is -2.37. The van der Waals surface area contributed by atoms with Gasteiger partial charge in [0.1, 0.15) is 0 Å². The van der Waals surface area contributed by atoms with Gasteiger partial charge in [0.05, 0.1) is 6.42 Å². The number of anilines is 1. The second kappa shape index (κ2) is 9.65. The van der Waals surface area contributed by atoms with E-state index >= 15 is 0 Å². The van der Waals surface area contributed by atoms with Crippen LogP contribution in [0.5, 0.6) is 0 Å². The Morgan fingerprint density at radius 2 is 1.72 bits per heavy atom. The number of nitrogens with zero attached hydrogens (tertiary/aromatic N) is 1. The van der Waals surface area contributed by atoms with E-state index in [1.807, 2.05) is 36.1 Å². The van der Waals surface area contributed by atoms with Crippen molar-refractivity contribution in [3.63, 3.8) is 0 Å². The molecule has 152 valence electrons. The Balaban J connectivity index is 1.51. The number of amides is 2. The first-order chi connectivity index (χ1) is 13.9. The Morgan fingerprint density at radius 3 is 2.38 bits per heavy atom. The maximum Gasteiger partial charge on any atom is 0.253 e. The maximum absolute atomic E-state index is 12.6. The number of rotatable bonds is 4. The molecule has 1 aliphatic rings. The lowest BCUT2D eigenvalue weighted by molar-refractivity contribution is -0.119. The monoisotopic (exact) mass is 409 g/mol. The van der Waals surface area contributed by atoms with Crippen molar-refractivity contribution < 1.29 is 9.59 Å². The van der Waals surface area contributed by atoms with Gasteiger partial charge in [-0.05, 0) is 73.3 Å². The highest BCUT2D eigenvalue weighted by molar-refractivity contribution is 7.80. The molecule has 2 N–H and O–H groups in total. The van der Waals surface area contributed by atoms with Gasteiger partial charge in [0.2, 0.25) is 5.91 Å². The molecule has 1 saturated heterocycles. The summed E-state index contributed by atoms with van der Waals surface area (Å²) in [5, 5.41) is 5.95. The van der Waals surface area contributed by atoms with Crippen molar-refractivity contribution in [1.29, 1.82) is 0 Å². The SMILES string of the molecule is Cc1ccccc1CC(=O)NC(=S)Nc1ccc(C(=O)N2CCC(C)CC2)cc1. The molecule has 2 aromatic rings. The number of aryl methyl sites for hydroxylation is 1. The molecule has 5 nitrogen and oxygen atoms in total. The number of hydrogen-bond acceptors (Lipinski definition) is 3. The van der Waals surface area contributed by atoms with Gasteiger partial charge in [-0.25, -0.2) is 0 Å². The third-order valence-electron chi connectivity index (χ3n) is 5.33. The number of likely N-dealkylation sites (tertiary alicyclic amines) is 1. The minimum absolute atomic E-state index is 0.0672. The lowest BCUT2D eigenvalue weighted by atomic mass is 9.98. The Bertz CT molecular complexity index is 887. The molecule has 3 rings (SSSR count). The predicted octanol–water partition coefficient (Wildman–Crippen LogP) is 3.92. The summed E-state index contributed by atoms with van der Waals surface area (Å²) >= 11 is 5.24. The lowest BCUT2D eigenvalue weighted by Gasteiger charge is -2.30. The van der Waals surface area contributed by atoms with E-state index in [9.17, 15) is 9.59 Å². The van der Waals surface area contributed by atoms with Crippen LogP contribution in [0.15, 0.2) is 48.5 Å². The summed E-state index contributed by atoms with van der Waals surface area (Å²) in [5.74, 6) is 0.591. The highest BCUT2D eigenvalue weighted by Crippen LogP contribution is 2.19. The first-order valence-electron chi connectivity index (χ1n) is 9.97. The summed E-state index contributed by atoms with van der Waals surface area (Å²) in [4.78, 5) is 26.7. The van der Waals surface area contributed by atoms with Crippen LogP contribution in [0.3, 0.4) is 0 Å². The highest BCUT2D eigenvalue weighted by Gasteiger charge is 2.21. The highest BCUT2D eigenvalue weighted by atomic mass is 32.1. The molecule has 2 amide bonds. The third-order valence-corrected chi connectivity index (χ3v) is 5.53. The van der Waals surface area contributed by atoms with Gasteiger partial charge >= 0.3 is 0 Å². The van der Waals surface area contributed by atoms with Crippen molar-refractivity contribution in [2.45, 2.75) is 33.1 Å². The minimum Gasteiger partial charge on any atom is -0.339 e. The van der Waals surface area contributed by atoms with E-state index in [4.69, 9.17) is 12.2 Å². The normalized spacial score (nSPS) is 14.3. The molecular formula is C23H27N3O2S. The molecule has 2 aromatic carbocycles. The molecule has 0 bridgehead atoms. The van der Waals surface area contributed by atoms with Gasteiger partial charge in [0, 0.05) is 24.3 Å². The van der Waals surface area contributed by atoms with Crippen LogP contribution in [0, 0.1) is 12.8 Å². The van der Waals surface area contributed by atoms with E-state index in [0.717, 1.165) is 42.7 Å². The summed E-state index contributed by atoms with van der Waals surface area (Å²) in [6, 6.07) is 15.0. The fourth-order valence-corrected chi connectivity index (χ4v) is 3.64. The number of piperidine rings is 1. The summed E-state index contributed by atoms with van der Waals surface area (Å²) in [7, 11) is 0. The van der Waals surface area contributed by atoms with E-state index < -0.39 is 0 Å². The van der Waals surface area contributed by atoms with Crippen LogP contribution >= 0.6 is 12.2 Å². The standard InChI is InChI=1S/C23H27N3O2S/c1-16-11-13-26(14-12-16)22(28)18-7-9-20(10-8-18)24-23(29)25-21(27)15-19-6-4-3-5-17(19)2/h3-10,16H,11-15H2,1-2H3,(H2,24,25,27,29). The number of hydrogen-bond donors (Lipinski definition) is 2. The van der Waals surface area contributed by atoms with Crippen molar-refractivity contribution in [3.05, 3.63) is 65.2 Å². The molecule has 29 heavy (non-hydrogen) atoms.